The van der Waals surface area contributed by atoms with E-state index in [1.165, 1.54) is 6.20 Å². The molecular weight excluding hydrogens is 374 g/mol. The third kappa shape index (κ3) is 5.36. The SMILES string of the molecule is CCC(C)CN(C(=O)O)[C@@H]1CC[C@H](c2cc(NC(=O)Cc3cnc(C)o3)n[nH]2)C1. The summed E-state index contributed by atoms with van der Waals surface area (Å²) in [6, 6.07) is 1.85. The highest BCUT2D eigenvalue weighted by Gasteiger charge is 2.34. The predicted molar refractivity (Wildman–Crippen MR) is 107 cm³/mol. The molecule has 2 amide bonds. The van der Waals surface area contributed by atoms with Gasteiger partial charge in [0.25, 0.3) is 0 Å². The van der Waals surface area contributed by atoms with Crippen LogP contribution in [-0.2, 0) is 11.2 Å². The van der Waals surface area contributed by atoms with E-state index in [1.807, 2.05) is 6.07 Å². The molecule has 3 N–H and O–H groups in total. The second kappa shape index (κ2) is 9.11. The van der Waals surface area contributed by atoms with Gasteiger partial charge in [0.1, 0.15) is 5.76 Å². The molecular formula is C20H29N5O4. The fraction of sp³-hybridized carbons (Fsp3) is 0.600. The highest BCUT2D eigenvalue weighted by molar-refractivity contribution is 5.91. The first kappa shape index (κ1) is 20.9. The van der Waals surface area contributed by atoms with Gasteiger partial charge in [0, 0.05) is 37.2 Å². The van der Waals surface area contributed by atoms with Crippen LogP contribution in [0.5, 0.6) is 0 Å². The van der Waals surface area contributed by atoms with Crippen molar-refractivity contribution < 1.29 is 19.1 Å². The van der Waals surface area contributed by atoms with Gasteiger partial charge in [0.05, 0.1) is 12.6 Å². The quantitative estimate of drug-likeness (QED) is 0.619. The Morgan fingerprint density at radius 2 is 2.24 bits per heavy atom. The maximum absolute atomic E-state index is 12.1. The molecule has 0 saturated heterocycles. The van der Waals surface area contributed by atoms with Crippen LogP contribution >= 0.6 is 0 Å². The standard InChI is InChI=1S/C20H29N5O4/c1-4-12(2)11-25(20(27)28)15-6-5-14(7-15)17-9-18(24-23-17)22-19(26)8-16-10-21-13(3)29-16/h9-10,12,14-15H,4-8,11H2,1-3H3,(H,27,28)(H2,22,23,24,26)/t12?,14-,15+/m0/s1. The molecule has 1 fully saturated rings. The summed E-state index contributed by atoms with van der Waals surface area (Å²) in [4.78, 5) is 29.4. The molecule has 29 heavy (non-hydrogen) atoms. The largest absolute Gasteiger partial charge is 0.465 e. The summed E-state index contributed by atoms with van der Waals surface area (Å²) in [5.74, 6) is 1.80. The number of carbonyl (C=O) groups is 2. The Balaban J connectivity index is 1.56. The van der Waals surface area contributed by atoms with Crippen LogP contribution in [-0.4, -0.2) is 49.8 Å². The number of nitrogens with one attached hydrogen (secondary N) is 2. The predicted octanol–water partition coefficient (Wildman–Crippen LogP) is 3.55. The van der Waals surface area contributed by atoms with Gasteiger partial charge < -0.3 is 19.7 Å². The maximum Gasteiger partial charge on any atom is 0.407 e. The second-order valence-corrected chi connectivity index (χ2v) is 7.89. The van der Waals surface area contributed by atoms with E-state index in [4.69, 9.17) is 4.42 Å². The van der Waals surface area contributed by atoms with Crippen LogP contribution in [0.1, 0.15) is 62.8 Å². The number of aryl methyl sites for hydroxylation is 1. The van der Waals surface area contributed by atoms with Crippen LogP contribution in [0.2, 0.25) is 0 Å². The summed E-state index contributed by atoms with van der Waals surface area (Å²) in [7, 11) is 0. The molecule has 2 heterocycles. The highest BCUT2D eigenvalue weighted by atomic mass is 16.4. The van der Waals surface area contributed by atoms with Crippen molar-refractivity contribution in [3.63, 3.8) is 0 Å². The molecule has 0 spiro atoms. The van der Waals surface area contributed by atoms with Crippen LogP contribution in [0.15, 0.2) is 16.7 Å². The summed E-state index contributed by atoms with van der Waals surface area (Å²) in [5.41, 5.74) is 0.923. The monoisotopic (exact) mass is 403 g/mol. The third-order valence-corrected chi connectivity index (χ3v) is 5.61. The summed E-state index contributed by atoms with van der Waals surface area (Å²) in [5, 5.41) is 19.5. The highest BCUT2D eigenvalue weighted by Crippen LogP contribution is 2.37. The molecule has 2 aromatic heterocycles. The molecule has 0 aromatic carbocycles. The van der Waals surface area contributed by atoms with Crippen LogP contribution < -0.4 is 5.32 Å². The molecule has 2 aromatic rings. The van der Waals surface area contributed by atoms with Gasteiger partial charge in [0.15, 0.2) is 11.7 Å². The van der Waals surface area contributed by atoms with Gasteiger partial charge in [0.2, 0.25) is 5.91 Å². The average Bonchev–Trinajstić information content (AvgIpc) is 3.40. The van der Waals surface area contributed by atoms with Crippen molar-refractivity contribution in [2.45, 2.75) is 64.8 Å². The topological polar surface area (TPSA) is 124 Å². The molecule has 1 aliphatic rings. The number of rotatable bonds is 8. The number of hydrogen-bond donors (Lipinski definition) is 3. The molecule has 158 valence electrons. The average molecular weight is 403 g/mol. The number of nitrogens with zero attached hydrogens (tertiary/aromatic N) is 3. The lowest BCUT2D eigenvalue weighted by atomic mass is 10.0. The molecule has 1 aliphatic carbocycles. The number of aromatic amines is 1. The normalized spacial score (nSPS) is 19.8. The molecule has 9 heteroatoms. The van der Waals surface area contributed by atoms with Crippen LogP contribution in [0.3, 0.4) is 0 Å². The lowest BCUT2D eigenvalue weighted by molar-refractivity contribution is -0.115. The zero-order valence-corrected chi connectivity index (χ0v) is 17.1. The van der Waals surface area contributed by atoms with E-state index in [1.54, 1.807) is 11.8 Å². The summed E-state index contributed by atoms with van der Waals surface area (Å²) >= 11 is 0. The number of H-pyrrole nitrogens is 1. The molecule has 0 aliphatic heterocycles. The molecule has 0 radical (unpaired) electrons. The number of carboxylic acid groups (broad SMARTS) is 1. The first-order chi connectivity index (χ1) is 13.9. The van der Waals surface area contributed by atoms with Gasteiger partial charge in [-0.25, -0.2) is 9.78 Å². The Morgan fingerprint density at radius 3 is 2.90 bits per heavy atom. The molecule has 1 saturated carbocycles. The lowest BCUT2D eigenvalue weighted by Gasteiger charge is -2.28. The first-order valence-electron chi connectivity index (χ1n) is 10.1. The molecule has 9 nitrogen and oxygen atoms in total. The van der Waals surface area contributed by atoms with Crippen molar-refractivity contribution in [3.8, 4) is 0 Å². The molecule has 1 unspecified atom stereocenters. The smallest absolute Gasteiger partial charge is 0.407 e. The van der Waals surface area contributed by atoms with E-state index >= 15 is 0 Å². The Hall–Kier alpha value is -2.84. The van der Waals surface area contributed by atoms with Gasteiger partial charge in [-0.15, -0.1) is 0 Å². The molecule has 3 rings (SSSR count). The fourth-order valence-electron chi connectivity index (χ4n) is 3.81. The third-order valence-electron chi connectivity index (χ3n) is 5.61. The first-order valence-corrected chi connectivity index (χ1v) is 10.1. The zero-order valence-electron chi connectivity index (χ0n) is 17.1. The van der Waals surface area contributed by atoms with E-state index in [9.17, 15) is 14.7 Å². The maximum atomic E-state index is 12.1. The number of amides is 2. The van der Waals surface area contributed by atoms with Crippen LogP contribution in [0.4, 0.5) is 10.6 Å². The zero-order chi connectivity index (χ0) is 21.0. The number of oxazole rings is 1. The van der Waals surface area contributed by atoms with Crippen LogP contribution in [0.25, 0.3) is 0 Å². The molecule has 3 atom stereocenters. The Kier molecular flexibility index (Phi) is 6.56. The van der Waals surface area contributed by atoms with E-state index in [0.29, 0.717) is 29.9 Å². The Labute approximate surface area is 169 Å². The number of carbonyl (C=O) groups excluding carboxylic acids is 1. The van der Waals surface area contributed by atoms with E-state index < -0.39 is 6.09 Å². The van der Waals surface area contributed by atoms with Crippen LogP contribution in [0, 0.1) is 12.8 Å². The number of aromatic nitrogens is 3. The van der Waals surface area contributed by atoms with Gasteiger partial charge >= 0.3 is 6.09 Å². The fourth-order valence-corrected chi connectivity index (χ4v) is 3.81. The number of anilines is 1. The van der Waals surface area contributed by atoms with Crippen molar-refractivity contribution in [2.75, 3.05) is 11.9 Å². The van der Waals surface area contributed by atoms with E-state index in [2.05, 4.69) is 34.3 Å². The van der Waals surface area contributed by atoms with Gasteiger partial charge in [-0.05, 0) is 25.2 Å². The minimum atomic E-state index is -0.851. The molecule has 0 bridgehead atoms. The van der Waals surface area contributed by atoms with Gasteiger partial charge in [-0.2, -0.15) is 5.10 Å². The lowest BCUT2D eigenvalue weighted by Crippen LogP contribution is -2.40. The van der Waals surface area contributed by atoms with Crippen molar-refractivity contribution >= 4 is 17.8 Å². The van der Waals surface area contributed by atoms with Crippen molar-refractivity contribution in [1.29, 1.82) is 0 Å². The minimum absolute atomic E-state index is 0.0162. The van der Waals surface area contributed by atoms with Crippen molar-refractivity contribution in [1.82, 2.24) is 20.1 Å². The van der Waals surface area contributed by atoms with E-state index in [0.717, 1.165) is 31.4 Å². The number of hydrogen-bond acceptors (Lipinski definition) is 5. The Morgan fingerprint density at radius 1 is 1.45 bits per heavy atom. The summed E-state index contributed by atoms with van der Waals surface area (Å²) < 4.78 is 5.31. The van der Waals surface area contributed by atoms with Gasteiger partial charge in [-0.1, -0.05) is 20.3 Å². The van der Waals surface area contributed by atoms with Gasteiger partial charge in [-0.3, -0.25) is 9.89 Å². The Bertz CT molecular complexity index is 846. The van der Waals surface area contributed by atoms with E-state index in [-0.39, 0.29) is 24.3 Å². The van der Waals surface area contributed by atoms with Crippen molar-refractivity contribution in [2.24, 2.45) is 5.92 Å². The summed E-state index contributed by atoms with van der Waals surface area (Å²) in [6.45, 7) is 6.44. The summed E-state index contributed by atoms with van der Waals surface area (Å²) in [6.07, 6.45) is 4.22. The minimum Gasteiger partial charge on any atom is -0.465 e. The van der Waals surface area contributed by atoms with Crippen molar-refractivity contribution in [3.05, 3.63) is 29.6 Å². The second-order valence-electron chi connectivity index (χ2n) is 7.89.